The maximum absolute atomic E-state index is 14.7. The number of piperidine rings is 8. The normalized spacial score (nSPS) is 27.6. The number of likely N-dealkylation sites (tertiary alicyclic amines) is 2. The fraction of sp³-hybridized carbons (Fsp3) is 0.911. The van der Waals surface area contributed by atoms with Gasteiger partial charge < -0.3 is 80.5 Å². The number of hydroxylamine groups is 4. The van der Waals surface area contributed by atoms with Crippen LogP contribution in [0.3, 0.4) is 0 Å². The molecule has 8 heterocycles. The van der Waals surface area contributed by atoms with Gasteiger partial charge in [-0.3, -0.25) is 48.2 Å². The number of carbonyl (C=O) groups is 8. The van der Waals surface area contributed by atoms with Crippen LogP contribution in [0.1, 0.15) is 350 Å². The maximum atomic E-state index is 14.7. The molecular formula is C90H164N8O20. The van der Waals surface area contributed by atoms with E-state index in [-0.39, 0.29) is 77.4 Å². The lowest BCUT2D eigenvalue weighted by molar-refractivity contribution is -0.261. The van der Waals surface area contributed by atoms with Crippen molar-refractivity contribution in [2.24, 2.45) is 23.7 Å². The average Bonchev–Trinajstić information content (AvgIpc) is 0.774. The monoisotopic (exact) mass is 1680 g/mol. The van der Waals surface area contributed by atoms with Crippen molar-refractivity contribution >= 4 is 47.8 Å². The van der Waals surface area contributed by atoms with E-state index in [1.165, 1.54) is 10.1 Å². The number of esters is 8. The first kappa shape index (κ1) is 104. The van der Waals surface area contributed by atoms with Crippen molar-refractivity contribution in [1.29, 1.82) is 0 Å². The Bertz CT molecular complexity index is 3160. The summed E-state index contributed by atoms with van der Waals surface area (Å²) in [5, 5.41) is 39.0. The van der Waals surface area contributed by atoms with E-state index >= 15 is 0 Å². The van der Waals surface area contributed by atoms with Gasteiger partial charge in [0.05, 0.1) is 49.4 Å². The lowest BCUT2D eigenvalue weighted by atomic mass is 9.78. The van der Waals surface area contributed by atoms with Crippen LogP contribution in [0.5, 0.6) is 0 Å². The number of hydrogen-bond donors (Lipinski definition) is 6. The molecule has 0 amide bonds. The molecule has 28 heteroatoms. The van der Waals surface area contributed by atoms with Crippen molar-refractivity contribution < 1.29 is 97.6 Å². The fourth-order valence-electron chi connectivity index (χ4n) is 22.7. The third-order valence-corrected chi connectivity index (χ3v) is 26.4. The van der Waals surface area contributed by atoms with Gasteiger partial charge in [-0.2, -0.15) is 10.1 Å². The second-order valence-corrected chi connectivity index (χ2v) is 47.0. The summed E-state index contributed by atoms with van der Waals surface area (Å²) in [6.45, 7) is 64.7. The molecule has 4 unspecified atom stereocenters. The molecular weight excluding hydrogens is 1510 g/mol. The molecule has 28 nitrogen and oxygen atoms in total. The van der Waals surface area contributed by atoms with Gasteiger partial charge in [-0.25, -0.2) is 0 Å². The van der Waals surface area contributed by atoms with E-state index in [9.17, 15) is 48.8 Å². The summed E-state index contributed by atoms with van der Waals surface area (Å²) in [6.07, 6.45) is 1.96. The van der Waals surface area contributed by atoms with Crippen LogP contribution in [-0.4, -0.2) is 241 Å². The molecule has 0 bridgehead atoms. The van der Waals surface area contributed by atoms with Crippen molar-refractivity contribution in [2.45, 2.75) is 487 Å². The second-order valence-electron chi connectivity index (χ2n) is 47.0. The summed E-state index contributed by atoms with van der Waals surface area (Å²) in [4.78, 5) is 120. The molecule has 0 spiro atoms. The van der Waals surface area contributed by atoms with Crippen molar-refractivity contribution in [1.82, 2.24) is 41.2 Å². The molecule has 118 heavy (non-hydrogen) atoms. The summed E-state index contributed by atoms with van der Waals surface area (Å²) >= 11 is 0. The summed E-state index contributed by atoms with van der Waals surface area (Å²) in [7, 11) is 4.12. The van der Waals surface area contributed by atoms with Crippen LogP contribution in [0.15, 0.2) is 0 Å². The van der Waals surface area contributed by atoms with Crippen LogP contribution in [0.2, 0.25) is 0 Å². The average molecular weight is 1680 g/mol. The number of hydrogen-bond acceptors (Lipinski definition) is 26. The highest BCUT2D eigenvalue weighted by atomic mass is 16.6. The minimum Gasteiger partial charge on any atom is -0.462 e. The smallest absolute Gasteiger partial charge is 0.310 e. The highest BCUT2D eigenvalue weighted by molar-refractivity contribution is 5.90. The minimum absolute atomic E-state index is 0. The van der Waals surface area contributed by atoms with Crippen molar-refractivity contribution in [3.05, 3.63) is 0 Å². The minimum atomic E-state index is -1.45. The molecule has 10 N–H and O–H groups in total. The number of nitrogens with one attached hydrogen (secondary N) is 4. The molecule has 8 aliphatic rings. The van der Waals surface area contributed by atoms with Crippen molar-refractivity contribution in [3.63, 3.8) is 0 Å². The number of nitrogens with zero attached hydrogens (tertiary/aromatic N) is 4. The molecule has 684 valence electrons. The van der Waals surface area contributed by atoms with Crippen molar-refractivity contribution in [3.8, 4) is 0 Å². The highest BCUT2D eigenvalue weighted by Gasteiger charge is 2.55. The first-order valence-electron chi connectivity index (χ1n) is 43.3. The van der Waals surface area contributed by atoms with Gasteiger partial charge in [-0.1, -0.05) is 0 Å². The summed E-state index contributed by atoms with van der Waals surface area (Å²) < 4.78 is 49.6. The van der Waals surface area contributed by atoms with Crippen LogP contribution in [0.4, 0.5) is 0 Å². The molecule has 4 atom stereocenters. The molecule has 0 saturated carbocycles. The van der Waals surface area contributed by atoms with Crippen LogP contribution >= 0.6 is 0 Å². The molecule has 0 radical (unpaired) electrons. The van der Waals surface area contributed by atoms with Gasteiger partial charge in [0.15, 0.2) is 0 Å². The standard InChI is InChI=1S/C46H82N4O10.C44H78N4O8.2H2O/c1-39(2)21-29(22-40(3,4)47(39)17)57-35(51)19-33(37(53)59-31-25-43(9,10)49(55)44(11,12)26-31)34(38(54)60-32-27-45(13,14)50(56)46(15,16)28-32)20-36(52)58-30-23-41(5,6)48(18)42(7,8)24-30;1-37(2)19-27(20-38(3,4)45-37)53-33(49)17-31(35(51)55-29-23-41(9,10)47-42(11,12)24-29)32(36(52)56-30-25-43(13,14)48-44(15,16)26-30)18-34(50)54-28-21-39(5,6)46-40(7,8)22-28;;/h29-34,55-56H,19-28H2,1-18H3;27-32,45-48H,17-26H2,1-16H3;2*1H2. The van der Waals surface area contributed by atoms with E-state index in [0.29, 0.717) is 103 Å². The van der Waals surface area contributed by atoms with E-state index in [0.717, 1.165) is 0 Å². The third-order valence-electron chi connectivity index (χ3n) is 26.4. The van der Waals surface area contributed by atoms with E-state index in [1.54, 1.807) is 0 Å². The van der Waals surface area contributed by atoms with Crippen molar-refractivity contribution in [2.75, 3.05) is 14.1 Å². The lowest BCUT2D eigenvalue weighted by Crippen LogP contribution is -2.61. The predicted molar refractivity (Wildman–Crippen MR) is 453 cm³/mol. The van der Waals surface area contributed by atoms with Crippen LogP contribution < -0.4 is 21.3 Å². The van der Waals surface area contributed by atoms with Gasteiger partial charge >= 0.3 is 47.8 Å². The van der Waals surface area contributed by atoms with E-state index in [2.05, 4.69) is 211 Å². The predicted octanol–water partition coefficient (Wildman–Crippen LogP) is 12.1. The van der Waals surface area contributed by atoms with E-state index in [1.807, 2.05) is 55.4 Å². The summed E-state index contributed by atoms with van der Waals surface area (Å²) in [6, 6.07) is 0. The van der Waals surface area contributed by atoms with E-state index < -0.39 is 168 Å². The van der Waals surface area contributed by atoms with Gasteiger partial charge in [-0.15, -0.1) is 0 Å². The maximum Gasteiger partial charge on any atom is 0.310 e. The quantitative estimate of drug-likeness (QED) is 0.0433. The Morgan fingerprint density at radius 1 is 0.246 bits per heavy atom. The zero-order valence-corrected chi connectivity index (χ0v) is 79.3. The summed E-state index contributed by atoms with van der Waals surface area (Å²) in [5.41, 5.74) is -6.64. The zero-order chi connectivity index (χ0) is 88.5. The number of carbonyl (C=O) groups excluding carboxylic acids is 8. The first-order valence-corrected chi connectivity index (χ1v) is 43.3. The Morgan fingerprint density at radius 2 is 0.373 bits per heavy atom. The second kappa shape index (κ2) is 36.5. The summed E-state index contributed by atoms with van der Waals surface area (Å²) in [5.74, 6) is -11.2. The SMILES string of the molecule is CC1(C)CC(OC(=O)CC(C(=O)OC2CC(C)(C)NC(C)(C)C2)C(CC(=O)OC2CC(C)(C)NC(C)(C)C2)C(=O)OC2CC(C)(C)NC(C)(C)C2)CC(C)(C)N1.CN1C(C)(C)CC(OC(=O)CC(C(=O)OC2CC(C)(C)N(O)C(C)(C)C2)C(CC(=O)OC2CC(C)(C)N(C)C(C)(C)C2)C(=O)OC2CC(C)(C)N(O)C(C)(C)C2)CC1(C)C.O.O. The zero-order valence-electron chi connectivity index (χ0n) is 79.3. The lowest BCUT2D eigenvalue weighted by Gasteiger charge is -2.53. The molecule has 0 aromatic rings. The molecule has 0 aromatic carbocycles. The van der Waals surface area contributed by atoms with Crippen LogP contribution in [0.25, 0.3) is 0 Å². The Morgan fingerprint density at radius 3 is 0.534 bits per heavy atom. The van der Waals surface area contributed by atoms with Gasteiger partial charge in [0.2, 0.25) is 0 Å². The van der Waals surface area contributed by atoms with Gasteiger partial charge in [-0.05, 0) is 236 Å². The number of ether oxygens (including phenoxy) is 8. The molecule has 8 saturated heterocycles. The highest BCUT2D eigenvalue weighted by Crippen LogP contribution is 2.46. The number of rotatable bonds is 22. The Balaban J connectivity index is 0.000000414. The molecule has 0 aromatic heterocycles. The van der Waals surface area contributed by atoms with E-state index in [4.69, 9.17) is 37.9 Å². The van der Waals surface area contributed by atoms with Crippen LogP contribution in [0, 0.1) is 23.7 Å². The third kappa shape index (κ3) is 28.1. The molecule has 8 rings (SSSR count). The van der Waals surface area contributed by atoms with Gasteiger partial charge in [0.1, 0.15) is 48.8 Å². The topological polar surface area (TPSA) is 375 Å². The Kier molecular flexibility index (Phi) is 32.1. The molecule has 8 fully saturated rings. The first-order chi connectivity index (χ1) is 52.1. The Hall–Kier alpha value is -4.72. The largest absolute Gasteiger partial charge is 0.462 e. The van der Waals surface area contributed by atoms with Gasteiger partial charge in [0, 0.05) is 191 Å². The Labute approximate surface area is 708 Å². The fourth-order valence-corrected chi connectivity index (χ4v) is 22.7. The molecule has 0 aliphatic carbocycles. The van der Waals surface area contributed by atoms with Gasteiger partial charge in [0.25, 0.3) is 0 Å². The van der Waals surface area contributed by atoms with Crippen LogP contribution in [-0.2, 0) is 76.3 Å². The molecule has 8 aliphatic heterocycles.